The van der Waals surface area contributed by atoms with E-state index in [0.29, 0.717) is 23.2 Å². The van der Waals surface area contributed by atoms with E-state index in [0.717, 1.165) is 12.8 Å². The number of hydrogen-bond donors (Lipinski definition) is 3. The van der Waals surface area contributed by atoms with Crippen LogP contribution in [0.25, 0.3) is 0 Å². The number of carbonyl (C=O) groups is 3. The zero-order chi connectivity index (χ0) is 18.9. The predicted octanol–water partition coefficient (Wildman–Crippen LogP) is 3.31. The third-order valence-corrected chi connectivity index (χ3v) is 3.89. The van der Waals surface area contributed by atoms with Crippen LogP contribution in [0.1, 0.15) is 46.9 Å². The van der Waals surface area contributed by atoms with Gasteiger partial charge in [-0.3, -0.25) is 9.59 Å². The third-order valence-electron chi connectivity index (χ3n) is 3.89. The third kappa shape index (κ3) is 5.44. The number of amides is 2. The van der Waals surface area contributed by atoms with Gasteiger partial charge in [-0.1, -0.05) is 38.0 Å². The van der Waals surface area contributed by atoms with E-state index in [-0.39, 0.29) is 5.91 Å². The number of hydrogen-bond acceptors (Lipinski definition) is 3. The molecule has 0 unspecified atom stereocenters. The summed E-state index contributed by atoms with van der Waals surface area (Å²) >= 11 is 0. The first-order valence-electron chi connectivity index (χ1n) is 8.51. The molecule has 0 aliphatic carbocycles. The number of benzene rings is 2. The highest BCUT2D eigenvalue weighted by molar-refractivity contribution is 6.05. The zero-order valence-corrected chi connectivity index (χ0v) is 14.6. The number of nitrogens with one attached hydrogen (secondary N) is 2. The van der Waals surface area contributed by atoms with Crippen LogP contribution in [-0.4, -0.2) is 28.9 Å². The van der Waals surface area contributed by atoms with E-state index >= 15 is 0 Å². The van der Waals surface area contributed by atoms with Crippen LogP contribution in [0, 0.1) is 0 Å². The molecule has 0 spiro atoms. The van der Waals surface area contributed by atoms with Gasteiger partial charge in [-0.2, -0.15) is 0 Å². The van der Waals surface area contributed by atoms with Gasteiger partial charge in [0.25, 0.3) is 11.8 Å². The van der Waals surface area contributed by atoms with E-state index < -0.39 is 17.9 Å². The highest BCUT2D eigenvalue weighted by atomic mass is 16.4. The van der Waals surface area contributed by atoms with E-state index in [4.69, 9.17) is 0 Å². The van der Waals surface area contributed by atoms with Crippen molar-refractivity contribution < 1.29 is 19.5 Å². The van der Waals surface area contributed by atoms with E-state index in [1.807, 2.05) is 25.1 Å². The van der Waals surface area contributed by atoms with Gasteiger partial charge < -0.3 is 15.7 Å². The first kappa shape index (κ1) is 19.2. The van der Waals surface area contributed by atoms with Crippen LogP contribution in [0.3, 0.4) is 0 Å². The molecule has 6 heteroatoms. The summed E-state index contributed by atoms with van der Waals surface area (Å²) in [5.41, 5.74) is 1.40. The quantitative estimate of drug-likeness (QED) is 0.678. The van der Waals surface area contributed by atoms with Crippen LogP contribution < -0.4 is 10.6 Å². The smallest absolute Gasteiger partial charge is 0.326 e. The molecule has 0 aliphatic heterocycles. The van der Waals surface area contributed by atoms with Crippen LogP contribution in [-0.2, 0) is 4.79 Å². The molecule has 1 atom stereocenters. The van der Waals surface area contributed by atoms with E-state index in [2.05, 4.69) is 10.6 Å². The van der Waals surface area contributed by atoms with Crippen molar-refractivity contribution >= 4 is 23.5 Å². The van der Waals surface area contributed by atoms with Crippen LogP contribution in [0.4, 0.5) is 5.69 Å². The number of unbranched alkanes of at least 4 members (excludes halogenated alkanes) is 1. The number of carboxylic acid groups (broad SMARTS) is 1. The summed E-state index contributed by atoms with van der Waals surface area (Å²) in [6.45, 7) is 1.96. The van der Waals surface area contributed by atoms with E-state index in [9.17, 15) is 19.5 Å². The van der Waals surface area contributed by atoms with Crippen molar-refractivity contribution in [3.05, 3.63) is 65.7 Å². The zero-order valence-electron chi connectivity index (χ0n) is 14.6. The maximum Gasteiger partial charge on any atom is 0.326 e. The Kier molecular flexibility index (Phi) is 6.91. The summed E-state index contributed by atoms with van der Waals surface area (Å²) in [6.07, 6.45) is 1.95. The number of carbonyl (C=O) groups excluding carboxylic acids is 2. The Morgan fingerprint density at radius 3 is 2.04 bits per heavy atom. The van der Waals surface area contributed by atoms with Crippen molar-refractivity contribution in [2.45, 2.75) is 32.2 Å². The second-order valence-corrected chi connectivity index (χ2v) is 5.90. The molecule has 6 nitrogen and oxygen atoms in total. The van der Waals surface area contributed by atoms with Gasteiger partial charge in [0.05, 0.1) is 0 Å². The molecule has 2 aromatic rings. The average molecular weight is 354 g/mol. The molecule has 0 aromatic heterocycles. The lowest BCUT2D eigenvalue weighted by Gasteiger charge is -2.14. The number of carboxylic acids is 1. The Morgan fingerprint density at radius 2 is 1.50 bits per heavy atom. The summed E-state index contributed by atoms with van der Waals surface area (Å²) in [7, 11) is 0. The molecule has 2 aromatic carbocycles. The molecule has 26 heavy (non-hydrogen) atoms. The number of para-hydroxylation sites is 1. The Hall–Kier alpha value is -3.15. The van der Waals surface area contributed by atoms with E-state index in [1.54, 1.807) is 12.1 Å². The summed E-state index contributed by atoms with van der Waals surface area (Å²) in [4.78, 5) is 35.6. The predicted molar refractivity (Wildman–Crippen MR) is 99.3 cm³/mol. The molecule has 0 aliphatic rings. The second-order valence-electron chi connectivity index (χ2n) is 5.90. The number of aliphatic carboxylic acids is 1. The van der Waals surface area contributed by atoms with Crippen LogP contribution in [0.15, 0.2) is 54.6 Å². The molecule has 3 N–H and O–H groups in total. The molecule has 0 bridgehead atoms. The minimum Gasteiger partial charge on any atom is -0.480 e. The second kappa shape index (κ2) is 9.36. The van der Waals surface area contributed by atoms with Crippen LogP contribution in [0.5, 0.6) is 0 Å². The molecule has 0 fully saturated rings. The molecule has 0 saturated heterocycles. The topological polar surface area (TPSA) is 95.5 Å². The van der Waals surface area contributed by atoms with E-state index in [1.165, 1.54) is 24.3 Å². The van der Waals surface area contributed by atoms with Crippen molar-refractivity contribution in [1.82, 2.24) is 5.32 Å². The lowest BCUT2D eigenvalue weighted by Crippen LogP contribution is -2.40. The fourth-order valence-electron chi connectivity index (χ4n) is 2.40. The summed E-state index contributed by atoms with van der Waals surface area (Å²) in [6, 6.07) is 14.2. The van der Waals surface area contributed by atoms with Gasteiger partial charge in [0.15, 0.2) is 0 Å². The maximum atomic E-state index is 12.2. The fourth-order valence-corrected chi connectivity index (χ4v) is 2.40. The van der Waals surface area contributed by atoms with Crippen molar-refractivity contribution in [2.24, 2.45) is 0 Å². The first-order valence-corrected chi connectivity index (χ1v) is 8.51. The van der Waals surface area contributed by atoms with Gasteiger partial charge in [-0.15, -0.1) is 0 Å². The SMILES string of the molecule is CCCC[C@H](NC(=O)c1ccc(C(=O)Nc2ccccc2)cc1)C(=O)O. The van der Waals surface area contributed by atoms with Crippen molar-refractivity contribution in [2.75, 3.05) is 5.32 Å². The summed E-state index contributed by atoms with van der Waals surface area (Å²) in [5, 5.41) is 14.5. The molecule has 2 rings (SSSR count). The molecule has 0 saturated carbocycles. The van der Waals surface area contributed by atoms with Gasteiger partial charge in [-0.25, -0.2) is 4.79 Å². The minimum absolute atomic E-state index is 0.283. The van der Waals surface area contributed by atoms with Gasteiger partial charge in [0.1, 0.15) is 6.04 Å². The molecule has 136 valence electrons. The van der Waals surface area contributed by atoms with Gasteiger partial charge in [0, 0.05) is 16.8 Å². The van der Waals surface area contributed by atoms with Gasteiger partial charge >= 0.3 is 5.97 Å². The highest BCUT2D eigenvalue weighted by Gasteiger charge is 2.20. The molecule has 0 heterocycles. The maximum absolute atomic E-state index is 12.2. The molecule has 0 radical (unpaired) electrons. The monoisotopic (exact) mass is 354 g/mol. The molecule has 2 amide bonds. The van der Waals surface area contributed by atoms with Crippen molar-refractivity contribution in [3.63, 3.8) is 0 Å². The minimum atomic E-state index is -1.05. The van der Waals surface area contributed by atoms with Crippen molar-refractivity contribution in [1.29, 1.82) is 0 Å². The number of anilines is 1. The lowest BCUT2D eigenvalue weighted by atomic mass is 10.1. The van der Waals surface area contributed by atoms with Gasteiger partial charge in [-0.05, 0) is 42.8 Å². The molecular weight excluding hydrogens is 332 g/mol. The normalized spacial score (nSPS) is 11.4. The fraction of sp³-hybridized carbons (Fsp3) is 0.250. The highest BCUT2D eigenvalue weighted by Crippen LogP contribution is 2.11. The Morgan fingerprint density at radius 1 is 0.923 bits per heavy atom. The number of rotatable bonds is 8. The summed E-state index contributed by atoms with van der Waals surface area (Å²) in [5.74, 6) is -1.80. The van der Waals surface area contributed by atoms with Crippen molar-refractivity contribution in [3.8, 4) is 0 Å². The average Bonchev–Trinajstić information content (AvgIpc) is 2.65. The Balaban J connectivity index is 2.00. The largest absolute Gasteiger partial charge is 0.480 e. The standard InChI is InChI=1S/C20H22N2O4/c1-2-3-9-17(20(25)26)22-19(24)15-12-10-14(11-13-15)18(23)21-16-7-5-4-6-8-16/h4-8,10-13,17H,2-3,9H2,1H3,(H,21,23)(H,22,24)(H,25,26)/t17-/m0/s1. The first-order chi connectivity index (χ1) is 12.5. The lowest BCUT2D eigenvalue weighted by molar-refractivity contribution is -0.139. The summed E-state index contributed by atoms with van der Waals surface area (Å²) < 4.78 is 0. The van der Waals surface area contributed by atoms with Crippen LogP contribution in [0.2, 0.25) is 0 Å². The van der Waals surface area contributed by atoms with Gasteiger partial charge in [0.2, 0.25) is 0 Å². The Bertz CT molecular complexity index is 757. The molecular formula is C20H22N2O4. The Labute approximate surface area is 152 Å². The van der Waals surface area contributed by atoms with Crippen LogP contribution >= 0.6 is 0 Å².